The molecule has 0 amide bonds. The molecular formula is C13H15NS. The molecule has 0 spiro atoms. The summed E-state index contributed by atoms with van der Waals surface area (Å²) in [6.07, 6.45) is 0. The molecule has 0 bridgehead atoms. The highest BCUT2D eigenvalue weighted by atomic mass is 32.1. The molecule has 0 unspecified atom stereocenters. The first-order valence-electron chi connectivity index (χ1n) is 5.09. The molecule has 0 N–H and O–H groups in total. The molecule has 1 heterocycles. The van der Waals surface area contributed by atoms with Crippen LogP contribution in [-0.2, 0) is 5.41 Å². The third kappa shape index (κ3) is 1.95. The normalized spacial score (nSPS) is 11.7. The van der Waals surface area contributed by atoms with Crippen LogP contribution >= 0.6 is 11.3 Å². The third-order valence-corrected chi connectivity index (χ3v) is 3.93. The largest absolute Gasteiger partial charge is 0.246 e. The van der Waals surface area contributed by atoms with E-state index in [1.165, 1.54) is 10.6 Å². The molecule has 2 heteroatoms. The molecule has 0 saturated carbocycles. The molecule has 2 rings (SSSR count). The Morgan fingerprint density at radius 2 is 1.80 bits per heavy atom. The molecule has 1 aromatic carbocycles. The lowest BCUT2D eigenvalue weighted by Gasteiger charge is -2.22. The Morgan fingerprint density at radius 3 is 2.33 bits per heavy atom. The third-order valence-electron chi connectivity index (χ3n) is 2.65. The van der Waals surface area contributed by atoms with Crippen LogP contribution in [0.25, 0.3) is 0 Å². The van der Waals surface area contributed by atoms with Crippen LogP contribution < -0.4 is 0 Å². The lowest BCUT2D eigenvalue weighted by Crippen LogP contribution is -2.18. The fourth-order valence-corrected chi connectivity index (χ4v) is 2.56. The highest BCUT2D eigenvalue weighted by Crippen LogP contribution is 2.32. The summed E-state index contributed by atoms with van der Waals surface area (Å²) in [5.74, 6) is 0. The minimum atomic E-state index is 0.0141. The van der Waals surface area contributed by atoms with E-state index in [1.807, 2.05) is 13.0 Å². The molecule has 0 fully saturated rings. The topological polar surface area (TPSA) is 12.9 Å². The van der Waals surface area contributed by atoms with Crippen LogP contribution in [0.2, 0.25) is 0 Å². The lowest BCUT2D eigenvalue weighted by molar-refractivity contribution is 0.633. The number of aromatic nitrogens is 1. The zero-order valence-corrected chi connectivity index (χ0v) is 10.1. The van der Waals surface area contributed by atoms with Crippen molar-refractivity contribution in [3.8, 4) is 0 Å². The van der Waals surface area contributed by atoms with Gasteiger partial charge in [-0.05, 0) is 26.3 Å². The molecule has 0 radical (unpaired) electrons. The standard InChI is InChI=1S/C13H15NS/c1-10-9-15-12(14-10)13(2,3)11-7-5-4-6-8-11/h4-9H,1-3H3. The van der Waals surface area contributed by atoms with Crippen LogP contribution in [0.15, 0.2) is 35.7 Å². The van der Waals surface area contributed by atoms with Crippen molar-refractivity contribution in [2.75, 3.05) is 0 Å². The molecule has 2 aromatic rings. The summed E-state index contributed by atoms with van der Waals surface area (Å²) in [6, 6.07) is 10.5. The van der Waals surface area contributed by atoms with Gasteiger partial charge in [-0.15, -0.1) is 11.3 Å². The van der Waals surface area contributed by atoms with Crippen LogP contribution in [0.4, 0.5) is 0 Å². The molecule has 0 saturated heterocycles. The highest BCUT2D eigenvalue weighted by Gasteiger charge is 2.25. The number of nitrogens with zero attached hydrogens (tertiary/aromatic N) is 1. The van der Waals surface area contributed by atoms with Crippen molar-refractivity contribution in [2.45, 2.75) is 26.2 Å². The second-order valence-electron chi connectivity index (χ2n) is 4.29. The van der Waals surface area contributed by atoms with E-state index in [9.17, 15) is 0 Å². The van der Waals surface area contributed by atoms with E-state index in [-0.39, 0.29) is 5.41 Å². The van der Waals surface area contributed by atoms with Crippen molar-refractivity contribution in [1.29, 1.82) is 0 Å². The lowest BCUT2D eigenvalue weighted by atomic mass is 9.85. The number of hydrogen-bond donors (Lipinski definition) is 0. The van der Waals surface area contributed by atoms with Gasteiger partial charge in [-0.25, -0.2) is 4.98 Å². The van der Waals surface area contributed by atoms with E-state index in [0.717, 1.165) is 5.69 Å². The number of hydrogen-bond acceptors (Lipinski definition) is 2. The highest BCUT2D eigenvalue weighted by molar-refractivity contribution is 7.09. The van der Waals surface area contributed by atoms with Crippen molar-refractivity contribution in [1.82, 2.24) is 4.98 Å². The Bertz CT molecular complexity index is 443. The van der Waals surface area contributed by atoms with Gasteiger partial charge < -0.3 is 0 Å². The van der Waals surface area contributed by atoms with E-state index in [0.29, 0.717) is 0 Å². The van der Waals surface area contributed by atoms with Crippen molar-refractivity contribution < 1.29 is 0 Å². The summed E-state index contributed by atoms with van der Waals surface area (Å²) >= 11 is 1.74. The average Bonchev–Trinajstić information content (AvgIpc) is 2.67. The van der Waals surface area contributed by atoms with Gasteiger partial charge in [0.25, 0.3) is 0 Å². The Balaban J connectivity index is 2.43. The Hall–Kier alpha value is -1.15. The molecular weight excluding hydrogens is 202 g/mol. The van der Waals surface area contributed by atoms with Crippen LogP contribution in [0.3, 0.4) is 0 Å². The number of thiazole rings is 1. The van der Waals surface area contributed by atoms with E-state index < -0.39 is 0 Å². The Labute approximate surface area is 94.8 Å². The Morgan fingerprint density at radius 1 is 1.13 bits per heavy atom. The first-order valence-corrected chi connectivity index (χ1v) is 5.97. The maximum Gasteiger partial charge on any atom is 0.103 e. The second kappa shape index (κ2) is 3.78. The van der Waals surface area contributed by atoms with Gasteiger partial charge in [-0.3, -0.25) is 0 Å². The summed E-state index contributed by atoms with van der Waals surface area (Å²) in [5.41, 5.74) is 2.44. The summed E-state index contributed by atoms with van der Waals surface area (Å²) in [5, 5.41) is 3.30. The summed E-state index contributed by atoms with van der Waals surface area (Å²) in [7, 11) is 0. The van der Waals surface area contributed by atoms with Gasteiger partial charge in [-0.2, -0.15) is 0 Å². The van der Waals surface area contributed by atoms with Gasteiger partial charge in [0.05, 0.1) is 0 Å². The van der Waals surface area contributed by atoms with E-state index in [4.69, 9.17) is 0 Å². The predicted octanol–water partition coefficient (Wildman–Crippen LogP) is 3.78. The molecule has 0 aliphatic heterocycles. The van der Waals surface area contributed by atoms with Crippen molar-refractivity contribution in [3.63, 3.8) is 0 Å². The summed E-state index contributed by atoms with van der Waals surface area (Å²) < 4.78 is 0. The quantitative estimate of drug-likeness (QED) is 0.746. The first-order chi connectivity index (χ1) is 7.10. The molecule has 1 nitrogen and oxygen atoms in total. The zero-order valence-electron chi connectivity index (χ0n) is 9.32. The molecule has 1 aromatic heterocycles. The fourth-order valence-electron chi connectivity index (χ4n) is 1.62. The summed E-state index contributed by atoms with van der Waals surface area (Å²) in [6.45, 7) is 6.49. The number of aryl methyl sites for hydroxylation is 1. The number of benzene rings is 1. The van der Waals surface area contributed by atoms with Crippen LogP contribution in [0.1, 0.15) is 30.1 Å². The average molecular weight is 217 g/mol. The van der Waals surface area contributed by atoms with Crippen molar-refractivity contribution in [2.24, 2.45) is 0 Å². The molecule has 78 valence electrons. The maximum absolute atomic E-state index is 4.58. The van der Waals surface area contributed by atoms with Gasteiger partial charge in [0, 0.05) is 16.5 Å². The Kier molecular flexibility index (Phi) is 2.61. The van der Waals surface area contributed by atoms with E-state index >= 15 is 0 Å². The minimum Gasteiger partial charge on any atom is -0.246 e. The van der Waals surface area contributed by atoms with Crippen LogP contribution in [-0.4, -0.2) is 4.98 Å². The molecule has 0 atom stereocenters. The first kappa shape index (κ1) is 10.4. The van der Waals surface area contributed by atoms with Gasteiger partial charge >= 0.3 is 0 Å². The van der Waals surface area contributed by atoms with Crippen molar-refractivity contribution in [3.05, 3.63) is 52.0 Å². The van der Waals surface area contributed by atoms with Crippen LogP contribution in [0.5, 0.6) is 0 Å². The number of rotatable bonds is 2. The fraction of sp³-hybridized carbons (Fsp3) is 0.308. The van der Waals surface area contributed by atoms with Gasteiger partial charge in [0.1, 0.15) is 5.01 Å². The maximum atomic E-state index is 4.58. The van der Waals surface area contributed by atoms with Gasteiger partial charge in [0.15, 0.2) is 0 Å². The SMILES string of the molecule is Cc1csc(C(C)(C)c2ccccc2)n1. The van der Waals surface area contributed by atoms with Crippen LogP contribution in [0, 0.1) is 6.92 Å². The minimum absolute atomic E-state index is 0.0141. The molecule has 0 aliphatic carbocycles. The zero-order chi connectivity index (χ0) is 10.9. The van der Waals surface area contributed by atoms with E-state index in [2.05, 4.69) is 48.5 Å². The van der Waals surface area contributed by atoms with E-state index in [1.54, 1.807) is 11.3 Å². The monoisotopic (exact) mass is 217 g/mol. The second-order valence-corrected chi connectivity index (χ2v) is 5.14. The smallest absolute Gasteiger partial charge is 0.103 e. The predicted molar refractivity (Wildman–Crippen MR) is 65.4 cm³/mol. The van der Waals surface area contributed by atoms with Gasteiger partial charge in [-0.1, -0.05) is 30.3 Å². The van der Waals surface area contributed by atoms with Crippen molar-refractivity contribution >= 4 is 11.3 Å². The molecule has 15 heavy (non-hydrogen) atoms. The molecule has 0 aliphatic rings. The van der Waals surface area contributed by atoms with Gasteiger partial charge in [0.2, 0.25) is 0 Å². The summed E-state index contributed by atoms with van der Waals surface area (Å²) in [4.78, 5) is 4.58.